The van der Waals surface area contributed by atoms with Gasteiger partial charge in [-0.15, -0.1) is 0 Å². The van der Waals surface area contributed by atoms with Gasteiger partial charge in [0.1, 0.15) is 0 Å². The molecule has 0 saturated carbocycles. The summed E-state index contributed by atoms with van der Waals surface area (Å²) in [5, 5.41) is 3.39. The highest BCUT2D eigenvalue weighted by molar-refractivity contribution is 5.07. The summed E-state index contributed by atoms with van der Waals surface area (Å²) in [6, 6.07) is 0. The van der Waals surface area contributed by atoms with Crippen LogP contribution >= 0.6 is 0 Å². The Morgan fingerprint density at radius 3 is 3.20 bits per heavy atom. The normalized spacial score (nSPS) is 21.8. The van der Waals surface area contributed by atoms with Crippen LogP contribution in [0.1, 0.15) is 30.7 Å². The van der Waals surface area contributed by atoms with Crippen molar-refractivity contribution < 1.29 is 4.74 Å². The Balaban J connectivity index is 1.68. The third-order valence-electron chi connectivity index (χ3n) is 2.87. The Kier molecular flexibility index (Phi) is 3.75. The number of imidazole rings is 1. The SMILES string of the molecule is Cc1[nH]cnc1CNCC1CCCCO1. The van der Waals surface area contributed by atoms with Gasteiger partial charge in [-0.05, 0) is 26.2 Å². The highest BCUT2D eigenvalue weighted by Crippen LogP contribution is 2.11. The molecule has 2 rings (SSSR count). The van der Waals surface area contributed by atoms with Crippen molar-refractivity contribution >= 4 is 0 Å². The summed E-state index contributed by atoms with van der Waals surface area (Å²) < 4.78 is 5.64. The molecular weight excluding hydrogens is 190 g/mol. The molecule has 1 aliphatic heterocycles. The van der Waals surface area contributed by atoms with Gasteiger partial charge in [0.25, 0.3) is 0 Å². The van der Waals surface area contributed by atoms with Gasteiger partial charge in [0.15, 0.2) is 0 Å². The lowest BCUT2D eigenvalue weighted by Crippen LogP contribution is -2.31. The van der Waals surface area contributed by atoms with Crippen LogP contribution in [0, 0.1) is 6.92 Å². The van der Waals surface area contributed by atoms with Crippen molar-refractivity contribution in [1.29, 1.82) is 0 Å². The molecule has 1 aliphatic rings. The quantitative estimate of drug-likeness (QED) is 0.787. The van der Waals surface area contributed by atoms with Crippen LogP contribution in [-0.2, 0) is 11.3 Å². The lowest BCUT2D eigenvalue weighted by molar-refractivity contribution is 0.0167. The average molecular weight is 209 g/mol. The monoisotopic (exact) mass is 209 g/mol. The lowest BCUT2D eigenvalue weighted by atomic mass is 10.1. The molecule has 0 bridgehead atoms. The van der Waals surface area contributed by atoms with E-state index in [4.69, 9.17) is 4.74 Å². The predicted octanol–water partition coefficient (Wildman–Crippen LogP) is 1.38. The van der Waals surface area contributed by atoms with E-state index in [1.807, 2.05) is 6.92 Å². The fourth-order valence-corrected chi connectivity index (χ4v) is 1.89. The molecule has 0 aliphatic carbocycles. The summed E-state index contributed by atoms with van der Waals surface area (Å²) >= 11 is 0. The second kappa shape index (κ2) is 5.28. The topological polar surface area (TPSA) is 49.9 Å². The predicted molar refractivity (Wildman–Crippen MR) is 58.6 cm³/mol. The maximum atomic E-state index is 5.64. The van der Waals surface area contributed by atoms with Crippen LogP contribution in [0.3, 0.4) is 0 Å². The van der Waals surface area contributed by atoms with E-state index < -0.39 is 0 Å². The Hall–Kier alpha value is -0.870. The van der Waals surface area contributed by atoms with Gasteiger partial charge in [0.05, 0.1) is 18.1 Å². The van der Waals surface area contributed by atoms with Crippen LogP contribution in [0.5, 0.6) is 0 Å². The van der Waals surface area contributed by atoms with Crippen LogP contribution < -0.4 is 5.32 Å². The van der Waals surface area contributed by atoms with Crippen molar-refractivity contribution in [2.45, 2.75) is 38.8 Å². The molecule has 0 radical (unpaired) electrons. The molecule has 1 fully saturated rings. The molecule has 1 saturated heterocycles. The minimum Gasteiger partial charge on any atom is -0.377 e. The fourth-order valence-electron chi connectivity index (χ4n) is 1.89. The van der Waals surface area contributed by atoms with E-state index in [2.05, 4.69) is 15.3 Å². The van der Waals surface area contributed by atoms with E-state index in [0.717, 1.165) is 31.1 Å². The molecule has 1 unspecified atom stereocenters. The summed E-state index contributed by atoms with van der Waals surface area (Å²) in [5.74, 6) is 0. The molecule has 84 valence electrons. The summed E-state index contributed by atoms with van der Waals surface area (Å²) in [4.78, 5) is 7.31. The Morgan fingerprint density at radius 2 is 2.53 bits per heavy atom. The molecule has 2 heterocycles. The van der Waals surface area contributed by atoms with E-state index in [1.165, 1.54) is 19.3 Å². The van der Waals surface area contributed by atoms with Gasteiger partial charge in [-0.3, -0.25) is 0 Å². The number of ether oxygens (including phenoxy) is 1. The van der Waals surface area contributed by atoms with E-state index in [-0.39, 0.29) is 0 Å². The maximum absolute atomic E-state index is 5.64. The number of nitrogens with one attached hydrogen (secondary N) is 2. The Bertz CT molecular complexity index is 292. The first-order valence-electron chi connectivity index (χ1n) is 5.67. The third-order valence-corrected chi connectivity index (χ3v) is 2.87. The van der Waals surface area contributed by atoms with E-state index in [9.17, 15) is 0 Å². The molecular formula is C11H19N3O. The first kappa shape index (κ1) is 10.6. The maximum Gasteiger partial charge on any atom is 0.0925 e. The molecule has 1 aromatic rings. The number of aryl methyl sites for hydroxylation is 1. The lowest BCUT2D eigenvalue weighted by Gasteiger charge is -2.22. The first-order valence-corrected chi connectivity index (χ1v) is 5.67. The number of aromatic amines is 1. The van der Waals surface area contributed by atoms with Gasteiger partial charge in [-0.1, -0.05) is 0 Å². The zero-order chi connectivity index (χ0) is 10.5. The molecule has 0 amide bonds. The summed E-state index contributed by atoms with van der Waals surface area (Å²) in [5.41, 5.74) is 2.25. The molecule has 4 nitrogen and oxygen atoms in total. The molecule has 1 aromatic heterocycles. The third kappa shape index (κ3) is 3.04. The van der Waals surface area contributed by atoms with E-state index in [1.54, 1.807) is 6.33 Å². The second-order valence-electron chi connectivity index (χ2n) is 4.09. The standard InChI is InChI=1S/C11H19N3O/c1-9-11(14-8-13-9)7-12-6-10-4-2-3-5-15-10/h8,10,12H,2-7H2,1H3,(H,13,14). The number of hydrogen-bond donors (Lipinski definition) is 2. The van der Waals surface area contributed by atoms with Crippen LogP contribution in [0.4, 0.5) is 0 Å². The molecule has 2 N–H and O–H groups in total. The number of nitrogens with zero attached hydrogens (tertiary/aromatic N) is 1. The van der Waals surface area contributed by atoms with Gasteiger partial charge in [0, 0.05) is 25.4 Å². The summed E-state index contributed by atoms with van der Waals surface area (Å²) in [6.07, 6.45) is 5.84. The van der Waals surface area contributed by atoms with Gasteiger partial charge in [-0.2, -0.15) is 0 Å². The van der Waals surface area contributed by atoms with Crippen molar-refractivity contribution in [3.63, 3.8) is 0 Å². The second-order valence-corrected chi connectivity index (χ2v) is 4.09. The number of H-pyrrole nitrogens is 1. The number of hydrogen-bond acceptors (Lipinski definition) is 3. The van der Waals surface area contributed by atoms with Crippen LogP contribution in [0.25, 0.3) is 0 Å². The first-order chi connectivity index (χ1) is 7.36. The fraction of sp³-hybridized carbons (Fsp3) is 0.727. The van der Waals surface area contributed by atoms with Crippen molar-refractivity contribution in [1.82, 2.24) is 15.3 Å². The van der Waals surface area contributed by atoms with E-state index in [0.29, 0.717) is 6.10 Å². The van der Waals surface area contributed by atoms with E-state index >= 15 is 0 Å². The molecule has 1 atom stereocenters. The van der Waals surface area contributed by atoms with Gasteiger partial charge < -0.3 is 15.0 Å². The smallest absolute Gasteiger partial charge is 0.0925 e. The number of aromatic nitrogens is 2. The van der Waals surface area contributed by atoms with Crippen LogP contribution in [-0.4, -0.2) is 29.2 Å². The van der Waals surface area contributed by atoms with Gasteiger partial charge in [0.2, 0.25) is 0 Å². The van der Waals surface area contributed by atoms with Crippen molar-refractivity contribution in [2.75, 3.05) is 13.2 Å². The molecule has 0 spiro atoms. The minimum absolute atomic E-state index is 0.401. The van der Waals surface area contributed by atoms with Crippen LogP contribution in [0.2, 0.25) is 0 Å². The average Bonchev–Trinajstić information content (AvgIpc) is 2.66. The minimum atomic E-state index is 0.401. The van der Waals surface area contributed by atoms with Crippen molar-refractivity contribution in [2.24, 2.45) is 0 Å². The van der Waals surface area contributed by atoms with Crippen LogP contribution in [0.15, 0.2) is 6.33 Å². The highest BCUT2D eigenvalue weighted by Gasteiger charge is 2.13. The van der Waals surface area contributed by atoms with Gasteiger partial charge >= 0.3 is 0 Å². The molecule has 15 heavy (non-hydrogen) atoms. The zero-order valence-corrected chi connectivity index (χ0v) is 9.25. The highest BCUT2D eigenvalue weighted by atomic mass is 16.5. The Labute approximate surface area is 90.4 Å². The Morgan fingerprint density at radius 1 is 1.60 bits per heavy atom. The molecule has 0 aromatic carbocycles. The largest absolute Gasteiger partial charge is 0.377 e. The summed E-state index contributed by atoms with van der Waals surface area (Å²) in [6.45, 7) is 4.73. The van der Waals surface area contributed by atoms with Crippen molar-refractivity contribution in [3.8, 4) is 0 Å². The zero-order valence-electron chi connectivity index (χ0n) is 9.25. The van der Waals surface area contributed by atoms with Crippen molar-refractivity contribution in [3.05, 3.63) is 17.7 Å². The van der Waals surface area contributed by atoms with Gasteiger partial charge in [-0.25, -0.2) is 4.98 Å². The molecule has 4 heteroatoms. The summed E-state index contributed by atoms with van der Waals surface area (Å²) in [7, 11) is 0. The number of rotatable bonds is 4.